The molecule has 7 heteroatoms. The average Bonchev–Trinajstić information content (AvgIpc) is 3.12. The molecule has 3 aromatic rings. The fourth-order valence-corrected chi connectivity index (χ4v) is 3.53. The number of H-pyrrole nitrogens is 1. The van der Waals surface area contributed by atoms with E-state index in [2.05, 4.69) is 30.8 Å². The molecule has 0 amide bonds. The van der Waals surface area contributed by atoms with Crippen molar-refractivity contribution in [2.45, 2.75) is 13.0 Å². The Labute approximate surface area is 140 Å². The maximum atomic E-state index is 12.3. The second kappa shape index (κ2) is 5.74. The highest BCUT2D eigenvalue weighted by molar-refractivity contribution is 9.10. The minimum Gasteiger partial charge on any atom is -0.449 e. The first kappa shape index (κ1) is 14.9. The monoisotopic (exact) mass is 377 g/mol. The molecule has 0 unspecified atom stereocenters. The molecule has 2 aromatic heterocycles. The van der Waals surface area contributed by atoms with E-state index in [0.29, 0.717) is 29.4 Å². The van der Waals surface area contributed by atoms with E-state index in [9.17, 15) is 9.90 Å². The maximum Gasteiger partial charge on any atom is 0.294 e. The standard InChI is InChI=1S/C16H16BrN3O3/c17-10-1-2-12-11(5-10)14-15(23-12)16(22)19-13(18-14)7-20-4-3-9(6-20)8-21/h1-2,5,9,21H,3-4,6-8H2,(H,18,19,22)/t9-/m0/s1. The Bertz CT molecular complexity index is 933. The third-order valence-electron chi connectivity index (χ3n) is 4.34. The largest absolute Gasteiger partial charge is 0.449 e. The van der Waals surface area contributed by atoms with Gasteiger partial charge >= 0.3 is 0 Å². The van der Waals surface area contributed by atoms with E-state index in [4.69, 9.17) is 4.42 Å². The lowest BCUT2D eigenvalue weighted by atomic mass is 10.1. The van der Waals surface area contributed by atoms with E-state index in [1.165, 1.54) is 0 Å². The van der Waals surface area contributed by atoms with Gasteiger partial charge in [0, 0.05) is 23.0 Å². The summed E-state index contributed by atoms with van der Waals surface area (Å²) in [4.78, 5) is 21.9. The molecule has 0 radical (unpaired) electrons. The van der Waals surface area contributed by atoms with E-state index in [1.54, 1.807) is 0 Å². The third kappa shape index (κ3) is 2.69. The molecule has 0 bridgehead atoms. The van der Waals surface area contributed by atoms with Crippen molar-refractivity contribution < 1.29 is 9.52 Å². The van der Waals surface area contributed by atoms with Crippen molar-refractivity contribution in [2.75, 3.05) is 19.7 Å². The molecule has 0 saturated carbocycles. The van der Waals surface area contributed by atoms with Crippen LogP contribution in [0.25, 0.3) is 22.1 Å². The lowest BCUT2D eigenvalue weighted by Gasteiger charge is -2.14. The first-order valence-electron chi connectivity index (χ1n) is 7.58. The molecule has 23 heavy (non-hydrogen) atoms. The number of aromatic amines is 1. The van der Waals surface area contributed by atoms with Crippen molar-refractivity contribution in [1.29, 1.82) is 0 Å². The van der Waals surface area contributed by atoms with Crippen molar-refractivity contribution >= 4 is 38.0 Å². The van der Waals surface area contributed by atoms with Crippen LogP contribution in [0.3, 0.4) is 0 Å². The smallest absolute Gasteiger partial charge is 0.294 e. The fourth-order valence-electron chi connectivity index (χ4n) is 3.16. The number of nitrogens with one attached hydrogen (secondary N) is 1. The zero-order chi connectivity index (χ0) is 16.0. The summed E-state index contributed by atoms with van der Waals surface area (Å²) in [5.74, 6) is 0.944. The molecular formula is C16H16BrN3O3. The predicted octanol–water partition coefficient (Wildman–Crippen LogP) is 2.25. The molecule has 0 aliphatic carbocycles. The molecular weight excluding hydrogens is 362 g/mol. The first-order chi connectivity index (χ1) is 11.1. The van der Waals surface area contributed by atoms with Gasteiger partial charge in [0.15, 0.2) is 0 Å². The first-order valence-corrected chi connectivity index (χ1v) is 8.37. The summed E-state index contributed by atoms with van der Waals surface area (Å²) in [6.45, 7) is 2.52. The number of aliphatic hydroxyl groups excluding tert-OH is 1. The molecule has 1 fully saturated rings. The van der Waals surface area contributed by atoms with Crippen LogP contribution in [0.15, 0.2) is 31.9 Å². The topological polar surface area (TPSA) is 82.4 Å². The molecule has 2 N–H and O–H groups in total. The summed E-state index contributed by atoms with van der Waals surface area (Å²) in [5, 5.41) is 10.1. The molecule has 4 rings (SSSR count). The van der Waals surface area contributed by atoms with Gasteiger partial charge in [-0.25, -0.2) is 4.98 Å². The van der Waals surface area contributed by atoms with Gasteiger partial charge in [0.1, 0.15) is 16.9 Å². The molecule has 1 atom stereocenters. The van der Waals surface area contributed by atoms with Crippen molar-refractivity contribution in [3.05, 3.63) is 38.9 Å². The molecule has 1 aromatic carbocycles. The number of furan rings is 1. The van der Waals surface area contributed by atoms with Gasteiger partial charge in [0.05, 0.1) is 6.54 Å². The SMILES string of the molecule is O=c1[nH]c(CN2CC[C@H](CO)C2)nc2c1oc1ccc(Br)cc12. The van der Waals surface area contributed by atoms with Crippen LogP contribution in [-0.4, -0.2) is 39.7 Å². The number of fused-ring (bicyclic) bond motifs is 3. The molecule has 120 valence electrons. The fraction of sp³-hybridized carbons (Fsp3) is 0.375. The van der Waals surface area contributed by atoms with Crippen LogP contribution in [0, 0.1) is 5.92 Å². The zero-order valence-corrected chi connectivity index (χ0v) is 14.0. The Balaban J connectivity index is 1.75. The lowest BCUT2D eigenvalue weighted by molar-refractivity contribution is 0.219. The average molecular weight is 378 g/mol. The number of aromatic nitrogens is 2. The minimum absolute atomic E-state index is 0.208. The number of likely N-dealkylation sites (tertiary alicyclic amines) is 1. The Morgan fingerprint density at radius 3 is 3.13 bits per heavy atom. The van der Waals surface area contributed by atoms with Crippen molar-refractivity contribution in [1.82, 2.24) is 14.9 Å². The number of nitrogens with zero attached hydrogens (tertiary/aromatic N) is 2. The van der Waals surface area contributed by atoms with Crippen molar-refractivity contribution in [2.24, 2.45) is 5.92 Å². The number of aliphatic hydroxyl groups is 1. The van der Waals surface area contributed by atoms with E-state index in [0.717, 1.165) is 29.4 Å². The predicted molar refractivity (Wildman–Crippen MR) is 90.3 cm³/mol. The van der Waals surface area contributed by atoms with Gasteiger partial charge in [0.2, 0.25) is 5.58 Å². The molecule has 3 heterocycles. The summed E-state index contributed by atoms with van der Waals surface area (Å²) in [6, 6.07) is 5.61. The summed E-state index contributed by atoms with van der Waals surface area (Å²) >= 11 is 3.44. The number of rotatable bonds is 3. The summed E-state index contributed by atoms with van der Waals surface area (Å²) < 4.78 is 6.54. The Morgan fingerprint density at radius 1 is 1.48 bits per heavy atom. The van der Waals surface area contributed by atoms with E-state index in [-0.39, 0.29) is 17.7 Å². The van der Waals surface area contributed by atoms with Gasteiger partial charge < -0.3 is 14.5 Å². The zero-order valence-electron chi connectivity index (χ0n) is 12.4. The quantitative estimate of drug-likeness (QED) is 0.731. The molecule has 0 spiro atoms. The van der Waals surface area contributed by atoms with Crippen LogP contribution in [-0.2, 0) is 6.54 Å². The Morgan fingerprint density at radius 2 is 2.35 bits per heavy atom. The molecule has 1 aliphatic heterocycles. The second-order valence-corrected chi connectivity index (χ2v) is 6.92. The van der Waals surface area contributed by atoms with Gasteiger partial charge in [-0.15, -0.1) is 0 Å². The van der Waals surface area contributed by atoms with E-state index < -0.39 is 0 Å². The highest BCUT2D eigenvalue weighted by atomic mass is 79.9. The van der Waals surface area contributed by atoms with E-state index in [1.807, 2.05) is 18.2 Å². The normalized spacial score (nSPS) is 19.1. The second-order valence-electron chi connectivity index (χ2n) is 6.01. The maximum absolute atomic E-state index is 12.3. The van der Waals surface area contributed by atoms with Gasteiger partial charge in [0.25, 0.3) is 5.56 Å². The van der Waals surface area contributed by atoms with Gasteiger partial charge in [-0.1, -0.05) is 15.9 Å². The van der Waals surface area contributed by atoms with Crippen LogP contribution in [0.4, 0.5) is 0 Å². The summed E-state index contributed by atoms with van der Waals surface area (Å²) in [6.07, 6.45) is 0.977. The van der Waals surface area contributed by atoms with Crippen LogP contribution in [0.2, 0.25) is 0 Å². The van der Waals surface area contributed by atoms with Gasteiger partial charge in [-0.3, -0.25) is 9.69 Å². The highest BCUT2D eigenvalue weighted by Crippen LogP contribution is 2.28. The molecule has 6 nitrogen and oxygen atoms in total. The Hall–Kier alpha value is -1.70. The number of hydrogen-bond acceptors (Lipinski definition) is 5. The number of benzene rings is 1. The number of hydrogen-bond donors (Lipinski definition) is 2. The number of halogens is 1. The van der Waals surface area contributed by atoms with Crippen LogP contribution in [0.1, 0.15) is 12.2 Å². The van der Waals surface area contributed by atoms with Gasteiger partial charge in [-0.2, -0.15) is 0 Å². The lowest BCUT2D eigenvalue weighted by Crippen LogP contribution is -2.24. The Kier molecular flexibility index (Phi) is 3.71. The summed E-state index contributed by atoms with van der Waals surface area (Å²) in [7, 11) is 0. The molecule has 1 saturated heterocycles. The van der Waals surface area contributed by atoms with E-state index >= 15 is 0 Å². The van der Waals surface area contributed by atoms with Gasteiger partial charge in [-0.05, 0) is 37.1 Å². The third-order valence-corrected chi connectivity index (χ3v) is 4.83. The minimum atomic E-state index is -0.254. The van der Waals surface area contributed by atoms with Crippen LogP contribution in [0.5, 0.6) is 0 Å². The summed E-state index contributed by atoms with van der Waals surface area (Å²) in [5.41, 5.74) is 1.25. The van der Waals surface area contributed by atoms with Crippen LogP contribution < -0.4 is 5.56 Å². The highest BCUT2D eigenvalue weighted by Gasteiger charge is 2.23. The molecule has 1 aliphatic rings. The van der Waals surface area contributed by atoms with Crippen molar-refractivity contribution in [3.8, 4) is 0 Å². The van der Waals surface area contributed by atoms with Crippen LogP contribution >= 0.6 is 15.9 Å². The van der Waals surface area contributed by atoms with Crippen molar-refractivity contribution in [3.63, 3.8) is 0 Å².